The van der Waals surface area contributed by atoms with Crippen molar-refractivity contribution in [1.82, 2.24) is 0 Å². The van der Waals surface area contributed by atoms with E-state index in [1.54, 1.807) is 5.56 Å². The second-order valence-electron chi connectivity index (χ2n) is 16.6. The molecule has 0 N–H and O–H groups in total. The summed E-state index contributed by atoms with van der Waals surface area (Å²) in [6.07, 6.45) is 50.7. The molecule has 4 heteroatoms. The van der Waals surface area contributed by atoms with Crippen LogP contribution in [0.2, 0.25) is 0 Å². The molecular formula is C45H88Cl2N2. The predicted molar refractivity (Wildman–Crippen MR) is 211 cm³/mol. The summed E-state index contributed by atoms with van der Waals surface area (Å²) in [6, 6.07) is 4.94. The molecule has 0 radical (unpaired) electrons. The molecule has 49 heavy (non-hydrogen) atoms. The number of rotatable bonds is 36. The van der Waals surface area contributed by atoms with E-state index in [-0.39, 0.29) is 24.8 Å². The lowest BCUT2D eigenvalue weighted by Crippen LogP contribution is -3.00. The van der Waals surface area contributed by atoms with Crippen molar-refractivity contribution in [2.24, 2.45) is 0 Å². The summed E-state index contributed by atoms with van der Waals surface area (Å²) >= 11 is 0. The van der Waals surface area contributed by atoms with E-state index in [1.165, 1.54) is 212 Å². The summed E-state index contributed by atoms with van der Waals surface area (Å²) in [5.41, 5.74) is 1.61. The molecule has 0 saturated carbocycles. The lowest BCUT2D eigenvalue weighted by molar-refractivity contribution is -0.870. The van der Waals surface area contributed by atoms with Gasteiger partial charge in [-0.3, -0.25) is 0 Å². The molecule has 0 atom stereocenters. The number of hydrogen-bond acceptors (Lipinski definition) is 0. The van der Waals surface area contributed by atoms with Crippen LogP contribution in [-0.2, 0) is 6.54 Å². The second kappa shape index (κ2) is 37.4. The molecule has 0 saturated heterocycles. The molecule has 1 aromatic rings. The SMILES string of the molecule is CCCCCCCCCCCCCCCCC(CCCCCCCCCCCCCCCC)c1cc[n+](CCCC[N+](C)(C)C)cc1.[Cl-].[Cl-]. The minimum Gasteiger partial charge on any atom is -1.00 e. The summed E-state index contributed by atoms with van der Waals surface area (Å²) in [5, 5.41) is 0. The van der Waals surface area contributed by atoms with Crippen LogP contribution in [0.25, 0.3) is 0 Å². The maximum atomic E-state index is 2.47. The monoisotopic (exact) mass is 727 g/mol. The van der Waals surface area contributed by atoms with Crippen molar-refractivity contribution in [3.8, 4) is 0 Å². The van der Waals surface area contributed by atoms with Crippen molar-refractivity contribution in [2.75, 3.05) is 27.7 Å². The fraction of sp³-hybridized carbons (Fsp3) is 0.889. The summed E-state index contributed by atoms with van der Waals surface area (Å²) in [7, 11) is 6.91. The largest absolute Gasteiger partial charge is 1.00 e. The summed E-state index contributed by atoms with van der Waals surface area (Å²) in [4.78, 5) is 0. The smallest absolute Gasteiger partial charge is 0.169 e. The highest BCUT2D eigenvalue weighted by Crippen LogP contribution is 2.28. The predicted octanol–water partition coefficient (Wildman–Crippen LogP) is 8.29. The zero-order valence-electron chi connectivity index (χ0n) is 34.1. The van der Waals surface area contributed by atoms with Crippen molar-refractivity contribution in [3.05, 3.63) is 30.1 Å². The van der Waals surface area contributed by atoms with Gasteiger partial charge in [0.1, 0.15) is 6.54 Å². The van der Waals surface area contributed by atoms with Gasteiger partial charge in [0.25, 0.3) is 0 Å². The van der Waals surface area contributed by atoms with Gasteiger partial charge >= 0.3 is 0 Å². The van der Waals surface area contributed by atoms with E-state index in [4.69, 9.17) is 0 Å². The third-order valence-electron chi connectivity index (χ3n) is 10.7. The number of aromatic nitrogens is 1. The zero-order valence-corrected chi connectivity index (χ0v) is 35.6. The van der Waals surface area contributed by atoms with Crippen molar-refractivity contribution in [2.45, 2.75) is 232 Å². The quantitative estimate of drug-likeness (QED) is 0.0372. The average molecular weight is 728 g/mol. The normalized spacial score (nSPS) is 11.6. The van der Waals surface area contributed by atoms with E-state index in [2.05, 4.69) is 64.1 Å². The highest BCUT2D eigenvalue weighted by Gasteiger charge is 2.14. The summed E-state index contributed by atoms with van der Waals surface area (Å²) < 4.78 is 3.50. The molecule has 0 fully saturated rings. The first-order valence-electron chi connectivity index (χ1n) is 21.8. The Morgan fingerprint density at radius 1 is 0.429 bits per heavy atom. The Morgan fingerprint density at radius 2 is 0.735 bits per heavy atom. The van der Waals surface area contributed by atoms with Crippen molar-refractivity contribution >= 4 is 0 Å². The van der Waals surface area contributed by atoms with Crippen LogP contribution in [-0.4, -0.2) is 32.2 Å². The number of pyridine rings is 1. The first-order valence-corrected chi connectivity index (χ1v) is 21.8. The van der Waals surface area contributed by atoms with Crippen LogP contribution in [0.5, 0.6) is 0 Å². The van der Waals surface area contributed by atoms with Gasteiger partial charge in [-0.2, -0.15) is 0 Å². The minimum atomic E-state index is 0. The number of hydrogen-bond donors (Lipinski definition) is 0. The van der Waals surface area contributed by atoms with Crippen molar-refractivity contribution in [3.63, 3.8) is 0 Å². The van der Waals surface area contributed by atoms with E-state index in [0.717, 1.165) is 16.9 Å². The Balaban J connectivity index is 0. The Bertz CT molecular complexity index is 728. The average Bonchev–Trinajstić information content (AvgIpc) is 3.06. The lowest BCUT2D eigenvalue weighted by atomic mass is 9.88. The van der Waals surface area contributed by atoms with Gasteiger partial charge in [0, 0.05) is 25.0 Å². The van der Waals surface area contributed by atoms with Gasteiger partial charge in [0.05, 0.1) is 27.7 Å². The van der Waals surface area contributed by atoms with E-state index >= 15 is 0 Å². The second-order valence-corrected chi connectivity index (χ2v) is 16.6. The Kier molecular flexibility index (Phi) is 38.8. The molecule has 2 nitrogen and oxygen atoms in total. The van der Waals surface area contributed by atoms with Crippen LogP contribution < -0.4 is 29.4 Å². The van der Waals surface area contributed by atoms with Crippen LogP contribution in [0.3, 0.4) is 0 Å². The third-order valence-corrected chi connectivity index (χ3v) is 10.7. The minimum absolute atomic E-state index is 0. The van der Waals surface area contributed by atoms with E-state index in [1.807, 2.05) is 0 Å². The molecule has 292 valence electrons. The third kappa shape index (κ3) is 34.5. The van der Waals surface area contributed by atoms with Gasteiger partial charge in [-0.25, -0.2) is 4.57 Å². The molecule has 1 aromatic heterocycles. The number of halogens is 2. The van der Waals surface area contributed by atoms with Gasteiger partial charge in [0.15, 0.2) is 12.4 Å². The molecule has 0 unspecified atom stereocenters. The number of nitrogens with zero attached hydrogens (tertiary/aromatic N) is 2. The molecule has 0 amide bonds. The fourth-order valence-corrected chi connectivity index (χ4v) is 7.42. The number of quaternary nitrogens is 1. The summed E-state index contributed by atoms with van der Waals surface area (Å²) in [5.74, 6) is 0.762. The van der Waals surface area contributed by atoms with Crippen LogP contribution in [0, 0.1) is 0 Å². The fourth-order valence-electron chi connectivity index (χ4n) is 7.42. The van der Waals surface area contributed by atoms with Crippen molar-refractivity contribution in [1.29, 1.82) is 0 Å². The first-order chi connectivity index (χ1) is 23.0. The molecule has 0 aliphatic rings. The van der Waals surface area contributed by atoms with Crippen molar-refractivity contribution < 1.29 is 33.9 Å². The van der Waals surface area contributed by atoms with E-state index in [9.17, 15) is 0 Å². The number of unbranched alkanes of at least 4 members (excludes halogenated alkanes) is 27. The topological polar surface area (TPSA) is 3.88 Å². The van der Waals surface area contributed by atoms with Gasteiger partial charge in [-0.1, -0.05) is 194 Å². The van der Waals surface area contributed by atoms with Gasteiger partial charge in [-0.05, 0) is 24.3 Å². The molecule has 1 rings (SSSR count). The first kappa shape index (κ1) is 50.8. The van der Waals surface area contributed by atoms with E-state index < -0.39 is 0 Å². The molecule has 0 aliphatic heterocycles. The maximum absolute atomic E-state index is 2.47. The molecule has 0 spiro atoms. The highest BCUT2D eigenvalue weighted by molar-refractivity contribution is 5.13. The molecule has 0 aliphatic carbocycles. The molecular weight excluding hydrogens is 639 g/mol. The standard InChI is InChI=1S/C45H88N2.2ClH/c1-6-8-10-12-14-16-18-20-22-24-26-28-30-32-36-44(45-38-41-46(42-39-45)40-34-35-43-47(3,4)5)37-33-31-29-27-25-23-21-19-17-15-13-11-9-7-2;;/h38-39,41-42,44H,6-37,40,43H2,1-5H3;2*1H/q+2;;/p-2. The zero-order chi connectivity index (χ0) is 34.1. The molecule has 0 bridgehead atoms. The lowest BCUT2D eigenvalue weighted by Gasteiger charge is -2.23. The number of aryl methyl sites for hydroxylation is 1. The molecule has 0 aromatic carbocycles. The van der Waals surface area contributed by atoms with E-state index in [0.29, 0.717) is 0 Å². The van der Waals surface area contributed by atoms with Gasteiger partial charge in [-0.15, -0.1) is 0 Å². The summed E-state index contributed by atoms with van der Waals surface area (Å²) in [6.45, 7) is 7.04. The van der Waals surface area contributed by atoms with Gasteiger partial charge < -0.3 is 29.3 Å². The Labute approximate surface area is 322 Å². The van der Waals surface area contributed by atoms with Gasteiger partial charge in [0.2, 0.25) is 0 Å². The Morgan fingerprint density at radius 3 is 1.04 bits per heavy atom. The maximum Gasteiger partial charge on any atom is 0.169 e. The highest BCUT2D eigenvalue weighted by atomic mass is 35.5. The van der Waals surface area contributed by atoms with Crippen LogP contribution in [0.1, 0.15) is 231 Å². The van der Waals surface area contributed by atoms with Crippen LogP contribution in [0.15, 0.2) is 24.5 Å². The Hall–Kier alpha value is -0.310. The molecule has 1 heterocycles. The van der Waals surface area contributed by atoms with Crippen LogP contribution >= 0.6 is 0 Å². The van der Waals surface area contributed by atoms with Crippen LogP contribution in [0.4, 0.5) is 0 Å².